The molecule has 0 atom stereocenters. The predicted molar refractivity (Wildman–Crippen MR) is 103 cm³/mol. The monoisotopic (exact) mass is 409 g/mol. The lowest BCUT2D eigenvalue weighted by atomic mass is 10.1. The first-order valence-corrected chi connectivity index (χ1v) is 8.98. The Morgan fingerprint density at radius 2 is 1.62 bits per heavy atom. The number of hydrogen-bond acceptors (Lipinski definition) is 3. The molecule has 0 bridgehead atoms. The average molecular weight is 409 g/mol. The third-order valence-corrected chi connectivity index (χ3v) is 3.84. The maximum atomic E-state index is 12.5. The first-order chi connectivity index (χ1) is 13.8. The number of carbonyl (C=O) groups excluding carboxylic acids is 2. The molecule has 156 valence electrons. The Kier molecular flexibility index (Phi) is 7.88. The predicted octanol–water partition coefficient (Wildman–Crippen LogP) is 3.58. The topological polar surface area (TPSA) is 79.5 Å². The molecule has 0 unspecified atom stereocenters. The van der Waals surface area contributed by atoms with Gasteiger partial charge in [-0.3, -0.25) is 4.79 Å². The molecule has 2 rings (SSSR count). The fourth-order valence-electron chi connectivity index (χ4n) is 2.41. The van der Waals surface area contributed by atoms with Crippen molar-refractivity contribution >= 4 is 17.6 Å². The summed E-state index contributed by atoms with van der Waals surface area (Å²) in [6.45, 7) is 2.41. The number of anilines is 1. The molecule has 9 heteroatoms. The number of amides is 3. The minimum absolute atomic E-state index is 0.220. The zero-order chi connectivity index (χ0) is 21.3. The van der Waals surface area contributed by atoms with Gasteiger partial charge in [-0.2, -0.15) is 13.2 Å². The maximum absolute atomic E-state index is 12.5. The van der Waals surface area contributed by atoms with Crippen LogP contribution in [0.4, 0.5) is 23.7 Å². The molecule has 0 spiro atoms. The van der Waals surface area contributed by atoms with E-state index < -0.39 is 23.7 Å². The van der Waals surface area contributed by atoms with Gasteiger partial charge in [0.1, 0.15) is 5.75 Å². The molecule has 0 fully saturated rings. The SMILES string of the molecule is CCOc1ccc(NC(=O)CNC(=O)NCCc2ccc(C(F)(F)F)cc2)cc1. The molecule has 0 heterocycles. The molecule has 0 aliphatic heterocycles. The van der Waals surface area contributed by atoms with Gasteiger partial charge in [-0.15, -0.1) is 0 Å². The van der Waals surface area contributed by atoms with Crippen molar-refractivity contribution in [2.75, 3.05) is 25.0 Å². The molecule has 3 amide bonds. The highest BCUT2D eigenvalue weighted by atomic mass is 19.4. The van der Waals surface area contributed by atoms with E-state index in [1.807, 2.05) is 6.92 Å². The van der Waals surface area contributed by atoms with Crippen LogP contribution >= 0.6 is 0 Å². The van der Waals surface area contributed by atoms with Crippen LogP contribution in [0.1, 0.15) is 18.1 Å². The quantitative estimate of drug-likeness (QED) is 0.624. The summed E-state index contributed by atoms with van der Waals surface area (Å²) in [5, 5.41) is 7.60. The van der Waals surface area contributed by atoms with Gasteiger partial charge >= 0.3 is 12.2 Å². The first kappa shape index (κ1) is 22.1. The highest BCUT2D eigenvalue weighted by Gasteiger charge is 2.29. The Morgan fingerprint density at radius 1 is 0.966 bits per heavy atom. The van der Waals surface area contributed by atoms with E-state index in [0.717, 1.165) is 12.1 Å². The van der Waals surface area contributed by atoms with Crippen LogP contribution in [0.5, 0.6) is 5.75 Å². The van der Waals surface area contributed by atoms with Crippen molar-refractivity contribution in [1.29, 1.82) is 0 Å². The second-order valence-corrected chi connectivity index (χ2v) is 6.06. The van der Waals surface area contributed by atoms with Crippen LogP contribution in [-0.2, 0) is 17.4 Å². The minimum Gasteiger partial charge on any atom is -0.494 e. The molecule has 0 saturated carbocycles. The van der Waals surface area contributed by atoms with Crippen molar-refractivity contribution < 1.29 is 27.5 Å². The zero-order valence-electron chi connectivity index (χ0n) is 15.8. The highest BCUT2D eigenvalue weighted by molar-refractivity contribution is 5.94. The molecule has 0 aliphatic rings. The van der Waals surface area contributed by atoms with Crippen molar-refractivity contribution in [1.82, 2.24) is 10.6 Å². The standard InChI is InChI=1S/C20H22F3N3O3/c1-2-29-17-9-7-16(8-10-17)26-18(27)13-25-19(28)24-12-11-14-3-5-15(6-4-14)20(21,22)23/h3-10H,2,11-13H2,1H3,(H,26,27)(H2,24,25,28). The van der Waals surface area contributed by atoms with E-state index in [1.165, 1.54) is 12.1 Å². The highest BCUT2D eigenvalue weighted by Crippen LogP contribution is 2.29. The Hall–Kier alpha value is -3.23. The summed E-state index contributed by atoms with van der Waals surface area (Å²) >= 11 is 0. The van der Waals surface area contributed by atoms with E-state index in [4.69, 9.17) is 4.74 Å². The van der Waals surface area contributed by atoms with Gasteiger partial charge in [0.2, 0.25) is 5.91 Å². The summed E-state index contributed by atoms with van der Waals surface area (Å²) in [5.74, 6) is 0.295. The van der Waals surface area contributed by atoms with Gasteiger partial charge in [-0.25, -0.2) is 4.79 Å². The number of nitrogens with one attached hydrogen (secondary N) is 3. The Labute approximate surface area is 166 Å². The third-order valence-electron chi connectivity index (χ3n) is 3.84. The lowest BCUT2D eigenvalue weighted by Gasteiger charge is -2.10. The van der Waals surface area contributed by atoms with E-state index in [1.54, 1.807) is 24.3 Å². The van der Waals surface area contributed by atoms with E-state index in [-0.39, 0.29) is 13.1 Å². The van der Waals surface area contributed by atoms with Gasteiger partial charge < -0.3 is 20.7 Å². The second-order valence-electron chi connectivity index (χ2n) is 6.06. The normalized spacial score (nSPS) is 10.9. The average Bonchev–Trinajstić information content (AvgIpc) is 2.68. The molecular weight excluding hydrogens is 387 g/mol. The Balaban J connectivity index is 1.66. The summed E-state index contributed by atoms with van der Waals surface area (Å²) < 4.78 is 42.8. The van der Waals surface area contributed by atoms with Crippen LogP contribution in [0.3, 0.4) is 0 Å². The van der Waals surface area contributed by atoms with Crippen LogP contribution < -0.4 is 20.7 Å². The number of benzene rings is 2. The van der Waals surface area contributed by atoms with Crippen molar-refractivity contribution in [2.45, 2.75) is 19.5 Å². The largest absolute Gasteiger partial charge is 0.494 e. The van der Waals surface area contributed by atoms with Gasteiger partial charge in [-0.05, 0) is 55.3 Å². The summed E-state index contributed by atoms with van der Waals surface area (Å²) in [4.78, 5) is 23.6. The van der Waals surface area contributed by atoms with Gasteiger partial charge in [0.05, 0.1) is 18.7 Å². The zero-order valence-corrected chi connectivity index (χ0v) is 15.8. The number of hydrogen-bond donors (Lipinski definition) is 3. The van der Waals surface area contributed by atoms with E-state index in [2.05, 4.69) is 16.0 Å². The summed E-state index contributed by atoms with van der Waals surface area (Å²) in [7, 11) is 0. The van der Waals surface area contributed by atoms with E-state index in [9.17, 15) is 22.8 Å². The first-order valence-electron chi connectivity index (χ1n) is 8.98. The van der Waals surface area contributed by atoms with Crippen LogP contribution in [0.2, 0.25) is 0 Å². The summed E-state index contributed by atoms with van der Waals surface area (Å²) in [6, 6.07) is 11.0. The molecule has 2 aromatic carbocycles. The Bertz CT molecular complexity index is 806. The molecular formula is C20H22F3N3O3. The van der Waals surface area contributed by atoms with Gasteiger partial charge in [0, 0.05) is 12.2 Å². The number of alkyl halides is 3. The molecule has 0 aromatic heterocycles. The lowest BCUT2D eigenvalue weighted by molar-refractivity contribution is -0.137. The van der Waals surface area contributed by atoms with Crippen LogP contribution in [0.15, 0.2) is 48.5 Å². The number of urea groups is 1. The van der Waals surface area contributed by atoms with Crippen LogP contribution in [-0.4, -0.2) is 31.6 Å². The number of carbonyl (C=O) groups is 2. The molecule has 6 nitrogen and oxygen atoms in total. The van der Waals surface area contributed by atoms with E-state index >= 15 is 0 Å². The number of rotatable bonds is 8. The fourth-order valence-corrected chi connectivity index (χ4v) is 2.41. The maximum Gasteiger partial charge on any atom is 0.416 e. The second kappa shape index (κ2) is 10.4. The molecule has 0 saturated heterocycles. The van der Waals surface area contributed by atoms with Gasteiger partial charge in [0.25, 0.3) is 0 Å². The fraction of sp³-hybridized carbons (Fsp3) is 0.300. The smallest absolute Gasteiger partial charge is 0.416 e. The van der Waals surface area contributed by atoms with Crippen molar-refractivity contribution in [2.24, 2.45) is 0 Å². The molecule has 0 aliphatic carbocycles. The number of ether oxygens (including phenoxy) is 1. The third kappa shape index (κ3) is 7.73. The van der Waals surface area contributed by atoms with Gasteiger partial charge in [0.15, 0.2) is 0 Å². The summed E-state index contributed by atoms with van der Waals surface area (Å²) in [5.41, 5.74) is 0.514. The summed E-state index contributed by atoms with van der Waals surface area (Å²) in [6.07, 6.45) is -4.01. The molecule has 2 aromatic rings. The molecule has 29 heavy (non-hydrogen) atoms. The van der Waals surface area contributed by atoms with Crippen molar-refractivity contribution in [3.05, 3.63) is 59.7 Å². The van der Waals surface area contributed by atoms with Crippen molar-refractivity contribution in [3.8, 4) is 5.75 Å². The molecule has 3 N–H and O–H groups in total. The van der Waals surface area contributed by atoms with Crippen molar-refractivity contribution in [3.63, 3.8) is 0 Å². The van der Waals surface area contributed by atoms with Crippen LogP contribution in [0.25, 0.3) is 0 Å². The minimum atomic E-state index is -4.37. The van der Waals surface area contributed by atoms with Crippen LogP contribution in [0, 0.1) is 0 Å². The van der Waals surface area contributed by atoms with E-state index in [0.29, 0.717) is 30.0 Å². The van der Waals surface area contributed by atoms with Gasteiger partial charge in [-0.1, -0.05) is 12.1 Å². The molecule has 0 radical (unpaired) electrons. The lowest BCUT2D eigenvalue weighted by Crippen LogP contribution is -2.40. The number of halogens is 3. The Morgan fingerprint density at radius 3 is 2.21 bits per heavy atom.